The number of aromatic carboxylic acids is 1. The minimum absolute atomic E-state index is 0.192. The van der Waals surface area contributed by atoms with E-state index in [9.17, 15) is 34.8 Å². The van der Waals surface area contributed by atoms with Gasteiger partial charge in [0.15, 0.2) is 0 Å². The number of rotatable bonds is 8. The zero-order valence-electron chi connectivity index (χ0n) is 15.5. The molecule has 2 aromatic rings. The Labute approximate surface area is 165 Å². The first-order valence-corrected chi connectivity index (χ1v) is 8.69. The molecule has 5 N–H and O–H groups in total. The van der Waals surface area contributed by atoms with Gasteiger partial charge in [0.1, 0.15) is 28.9 Å². The molecule has 154 valence electrons. The molecule has 0 aliphatic heterocycles. The summed E-state index contributed by atoms with van der Waals surface area (Å²) in [5.41, 5.74) is -2.06. The van der Waals surface area contributed by atoms with E-state index in [1.165, 1.54) is 6.07 Å². The molecule has 9 heteroatoms. The number of carbonyl (C=O) groups excluding carboxylic acids is 2. The number of aliphatic hydroxyl groups is 1. The normalized spacial score (nSPS) is 11.7. The maximum atomic E-state index is 12.7. The van der Waals surface area contributed by atoms with Gasteiger partial charge in [-0.15, -0.1) is 0 Å². The number of ether oxygens (including phenoxy) is 1. The van der Waals surface area contributed by atoms with Crippen LogP contribution in [0.4, 0.5) is 0 Å². The van der Waals surface area contributed by atoms with Crippen LogP contribution in [-0.2, 0) is 4.74 Å². The van der Waals surface area contributed by atoms with Gasteiger partial charge in [0, 0.05) is 13.0 Å². The SMILES string of the molecule is CC[C@@H](CCO)OC(=O)c1cc(O)c(C(=O)c2c(O)cccc2C(=O)O)c(O)c1. The molecule has 2 aromatic carbocycles. The fourth-order valence-corrected chi connectivity index (χ4v) is 2.75. The summed E-state index contributed by atoms with van der Waals surface area (Å²) < 4.78 is 5.17. The van der Waals surface area contributed by atoms with Crippen LogP contribution in [0.2, 0.25) is 0 Å². The number of carboxylic acids is 1. The zero-order valence-corrected chi connectivity index (χ0v) is 15.5. The Bertz CT molecular complexity index is 926. The number of aromatic hydroxyl groups is 3. The van der Waals surface area contributed by atoms with E-state index >= 15 is 0 Å². The average molecular weight is 404 g/mol. The summed E-state index contributed by atoms with van der Waals surface area (Å²) in [4.78, 5) is 36.3. The molecule has 0 aliphatic rings. The van der Waals surface area contributed by atoms with Crippen molar-refractivity contribution in [3.8, 4) is 17.2 Å². The molecule has 0 aromatic heterocycles. The highest BCUT2D eigenvalue weighted by atomic mass is 16.5. The average Bonchev–Trinajstić information content (AvgIpc) is 2.66. The van der Waals surface area contributed by atoms with Crippen LogP contribution in [0.3, 0.4) is 0 Å². The Morgan fingerprint density at radius 2 is 1.62 bits per heavy atom. The fourth-order valence-electron chi connectivity index (χ4n) is 2.75. The highest BCUT2D eigenvalue weighted by molar-refractivity contribution is 6.18. The van der Waals surface area contributed by atoms with E-state index < -0.39 is 57.8 Å². The summed E-state index contributed by atoms with van der Waals surface area (Å²) in [7, 11) is 0. The molecule has 0 spiro atoms. The molecule has 0 amide bonds. The highest BCUT2D eigenvalue weighted by Gasteiger charge is 2.28. The van der Waals surface area contributed by atoms with E-state index in [4.69, 9.17) is 9.84 Å². The van der Waals surface area contributed by atoms with Crippen LogP contribution >= 0.6 is 0 Å². The summed E-state index contributed by atoms with van der Waals surface area (Å²) in [5, 5.41) is 48.5. The molecule has 0 saturated heterocycles. The molecule has 0 fully saturated rings. The second-order valence-corrected chi connectivity index (χ2v) is 6.17. The van der Waals surface area contributed by atoms with Crippen LogP contribution in [0.25, 0.3) is 0 Å². The lowest BCUT2D eigenvalue weighted by atomic mass is 9.95. The molecule has 0 saturated carbocycles. The first-order valence-electron chi connectivity index (χ1n) is 8.69. The van der Waals surface area contributed by atoms with E-state index in [1.54, 1.807) is 6.92 Å². The number of carboxylic acid groups (broad SMARTS) is 1. The van der Waals surface area contributed by atoms with Crippen molar-refractivity contribution in [1.82, 2.24) is 0 Å². The number of hydrogen-bond donors (Lipinski definition) is 5. The van der Waals surface area contributed by atoms with Crippen molar-refractivity contribution >= 4 is 17.7 Å². The maximum Gasteiger partial charge on any atom is 0.338 e. The van der Waals surface area contributed by atoms with E-state index in [2.05, 4.69) is 0 Å². The van der Waals surface area contributed by atoms with Crippen LogP contribution in [0, 0.1) is 0 Å². The quantitative estimate of drug-likeness (QED) is 0.327. The number of benzene rings is 2. The Morgan fingerprint density at radius 1 is 1.00 bits per heavy atom. The van der Waals surface area contributed by atoms with Gasteiger partial charge in [0.05, 0.1) is 16.7 Å². The summed E-state index contributed by atoms with van der Waals surface area (Å²) in [6.45, 7) is 1.55. The van der Waals surface area contributed by atoms with E-state index in [0.29, 0.717) is 6.42 Å². The van der Waals surface area contributed by atoms with Crippen molar-refractivity contribution in [2.45, 2.75) is 25.9 Å². The summed E-state index contributed by atoms with van der Waals surface area (Å²) in [6, 6.07) is 5.18. The van der Waals surface area contributed by atoms with E-state index in [-0.39, 0.29) is 18.6 Å². The molecule has 0 heterocycles. The lowest BCUT2D eigenvalue weighted by Gasteiger charge is -2.16. The van der Waals surface area contributed by atoms with Crippen LogP contribution in [0.1, 0.15) is 56.4 Å². The van der Waals surface area contributed by atoms with Crippen molar-refractivity contribution < 1.29 is 44.7 Å². The zero-order chi connectivity index (χ0) is 21.7. The number of aliphatic hydroxyl groups excluding tert-OH is 1. The molecule has 1 atom stereocenters. The monoisotopic (exact) mass is 404 g/mol. The lowest BCUT2D eigenvalue weighted by Crippen LogP contribution is -2.19. The van der Waals surface area contributed by atoms with Gasteiger partial charge in [0.2, 0.25) is 5.78 Å². The van der Waals surface area contributed by atoms with Crippen molar-refractivity contribution in [3.05, 3.63) is 52.6 Å². The van der Waals surface area contributed by atoms with Gasteiger partial charge < -0.3 is 30.3 Å². The van der Waals surface area contributed by atoms with Gasteiger partial charge in [-0.25, -0.2) is 9.59 Å². The summed E-state index contributed by atoms with van der Waals surface area (Å²) in [6.07, 6.45) is 0.0752. The number of ketones is 1. The smallest absolute Gasteiger partial charge is 0.338 e. The third kappa shape index (κ3) is 4.64. The molecule has 0 unspecified atom stereocenters. The Kier molecular flexibility index (Phi) is 6.79. The molecule has 29 heavy (non-hydrogen) atoms. The van der Waals surface area contributed by atoms with Crippen LogP contribution < -0.4 is 0 Å². The largest absolute Gasteiger partial charge is 0.507 e. The Hall–Kier alpha value is -3.59. The van der Waals surface area contributed by atoms with E-state index in [0.717, 1.165) is 24.3 Å². The molecule has 2 rings (SSSR count). The second-order valence-electron chi connectivity index (χ2n) is 6.17. The third-order valence-electron chi connectivity index (χ3n) is 4.24. The van der Waals surface area contributed by atoms with Gasteiger partial charge in [-0.3, -0.25) is 4.79 Å². The molecular weight excluding hydrogens is 384 g/mol. The van der Waals surface area contributed by atoms with Gasteiger partial charge in [-0.05, 0) is 30.7 Å². The number of hydrogen-bond acceptors (Lipinski definition) is 8. The van der Waals surface area contributed by atoms with Crippen LogP contribution in [0.15, 0.2) is 30.3 Å². The van der Waals surface area contributed by atoms with Gasteiger partial charge in [-0.1, -0.05) is 13.0 Å². The van der Waals surface area contributed by atoms with Gasteiger partial charge >= 0.3 is 11.9 Å². The first-order chi connectivity index (χ1) is 13.7. The Balaban J connectivity index is 2.44. The Morgan fingerprint density at radius 3 is 2.14 bits per heavy atom. The molecule has 0 aliphatic carbocycles. The highest BCUT2D eigenvalue weighted by Crippen LogP contribution is 2.34. The number of esters is 1. The molecule has 0 radical (unpaired) electrons. The lowest BCUT2D eigenvalue weighted by molar-refractivity contribution is 0.0232. The predicted molar refractivity (Wildman–Crippen MR) is 99.5 cm³/mol. The molecule has 0 bridgehead atoms. The number of carbonyl (C=O) groups is 3. The van der Waals surface area contributed by atoms with Gasteiger partial charge in [0.25, 0.3) is 0 Å². The van der Waals surface area contributed by atoms with Crippen molar-refractivity contribution in [2.24, 2.45) is 0 Å². The fraction of sp³-hybridized carbons (Fsp3) is 0.250. The predicted octanol–water partition coefficient (Wildman–Crippen LogP) is 2.05. The van der Waals surface area contributed by atoms with Gasteiger partial charge in [-0.2, -0.15) is 0 Å². The van der Waals surface area contributed by atoms with Crippen molar-refractivity contribution in [1.29, 1.82) is 0 Å². The van der Waals surface area contributed by atoms with Crippen LogP contribution in [0.5, 0.6) is 17.2 Å². The maximum absolute atomic E-state index is 12.7. The standard InChI is InChI=1S/C20H20O9/c1-2-11(6-7-21)29-20(28)10-8-14(23)17(15(24)9-10)18(25)16-12(19(26)27)4-3-5-13(16)22/h3-5,8-9,11,21-24H,2,6-7H2,1H3,(H,26,27)/t11-/m0/s1. The van der Waals surface area contributed by atoms with Crippen molar-refractivity contribution in [3.63, 3.8) is 0 Å². The first kappa shape index (κ1) is 21.7. The minimum Gasteiger partial charge on any atom is -0.507 e. The topological polar surface area (TPSA) is 162 Å². The second kappa shape index (κ2) is 9.07. The number of phenols is 3. The number of phenolic OH excluding ortho intramolecular Hbond substituents is 3. The third-order valence-corrected chi connectivity index (χ3v) is 4.24. The van der Waals surface area contributed by atoms with E-state index in [1.807, 2.05) is 0 Å². The summed E-state index contributed by atoms with van der Waals surface area (Å²) >= 11 is 0. The summed E-state index contributed by atoms with van der Waals surface area (Å²) in [5.74, 6) is -5.75. The minimum atomic E-state index is -1.49. The van der Waals surface area contributed by atoms with Crippen molar-refractivity contribution in [2.75, 3.05) is 6.61 Å². The molecule has 9 nitrogen and oxygen atoms in total. The molecular formula is C20H20O9. The van der Waals surface area contributed by atoms with Crippen LogP contribution in [-0.4, -0.2) is 56.0 Å².